The number of hydrogen-bond donors (Lipinski definition) is 2. The van der Waals surface area contributed by atoms with E-state index < -0.39 is 10.2 Å². The van der Waals surface area contributed by atoms with Crippen molar-refractivity contribution in [2.45, 2.75) is 25.4 Å². The Labute approximate surface area is 95.2 Å². The van der Waals surface area contributed by atoms with E-state index >= 15 is 0 Å². The highest BCUT2D eigenvalue weighted by molar-refractivity contribution is 7.90. The van der Waals surface area contributed by atoms with E-state index in [4.69, 9.17) is 10.9 Å². The molecule has 0 radical (unpaired) electrons. The van der Waals surface area contributed by atoms with E-state index in [0.717, 1.165) is 18.4 Å². The fourth-order valence-electron chi connectivity index (χ4n) is 1.65. The monoisotopic (exact) mass is 241 g/mol. The lowest BCUT2D eigenvalue weighted by molar-refractivity contribution is 0.592. The van der Waals surface area contributed by atoms with E-state index in [2.05, 4.69) is 0 Å². The van der Waals surface area contributed by atoms with Gasteiger partial charge in [0.2, 0.25) is 0 Å². The van der Waals surface area contributed by atoms with Crippen LogP contribution >= 0.6 is 0 Å². The zero-order valence-corrected chi connectivity index (χ0v) is 9.65. The van der Waals surface area contributed by atoms with Crippen molar-refractivity contribution in [2.24, 2.45) is 10.9 Å². The van der Waals surface area contributed by atoms with Crippen LogP contribution in [0, 0.1) is 0 Å². The molecule has 1 fully saturated rings. The number of anilines is 1. The number of nitrogens with zero attached hydrogens (tertiary/aromatic N) is 1. The van der Waals surface area contributed by atoms with Crippen molar-refractivity contribution in [3.8, 4) is 0 Å². The number of benzene rings is 1. The van der Waals surface area contributed by atoms with Crippen LogP contribution in [-0.4, -0.2) is 14.5 Å². The maximum absolute atomic E-state index is 11.4. The molecule has 1 saturated carbocycles. The quantitative estimate of drug-likeness (QED) is 0.795. The largest absolute Gasteiger partial charge is 0.326 e. The molecule has 0 spiro atoms. The lowest BCUT2D eigenvalue weighted by Gasteiger charge is -2.21. The van der Waals surface area contributed by atoms with Gasteiger partial charge in [-0.1, -0.05) is 12.1 Å². The van der Waals surface area contributed by atoms with Crippen molar-refractivity contribution in [1.29, 1.82) is 0 Å². The molecule has 0 bridgehead atoms. The zero-order valence-electron chi connectivity index (χ0n) is 8.83. The first-order chi connectivity index (χ1) is 7.52. The van der Waals surface area contributed by atoms with Gasteiger partial charge in [0.1, 0.15) is 0 Å². The summed E-state index contributed by atoms with van der Waals surface area (Å²) in [6, 6.07) is 7.14. The van der Waals surface area contributed by atoms with E-state index in [1.807, 2.05) is 12.1 Å². The summed E-state index contributed by atoms with van der Waals surface area (Å²) in [6.07, 6.45) is 1.74. The molecule has 1 aliphatic carbocycles. The van der Waals surface area contributed by atoms with Crippen LogP contribution < -0.4 is 15.2 Å². The molecule has 0 atom stereocenters. The molecule has 1 aromatic carbocycles. The number of hydrogen-bond acceptors (Lipinski definition) is 3. The van der Waals surface area contributed by atoms with Gasteiger partial charge in [-0.3, -0.25) is 4.31 Å². The average molecular weight is 241 g/mol. The van der Waals surface area contributed by atoms with Crippen LogP contribution in [-0.2, 0) is 16.8 Å². The van der Waals surface area contributed by atoms with Crippen molar-refractivity contribution >= 4 is 15.9 Å². The number of nitrogens with two attached hydrogens (primary N) is 2. The molecule has 0 amide bonds. The second-order valence-electron chi connectivity index (χ2n) is 3.94. The van der Waals surface area contributed by atoms with Crippen LogP contribution in [0.25, 0.3) is 0 Å². The summed E-state index contributed by atoms with van der Waals surface area (Å²) in [5.41, 5.74) is 7.06. The summed E-state index contributed by atoms with van der Waals surface area (Å²) in [5, 5.41) is 5.20. The summed E-state index contributed by atoms with van der Waals surface area (Å²) < 4.78 is 24.2. The van der Waals surface area contributed by atoms with Gasteiger partial charge in [0.25, 0.3) is 10.2 Å². The Morgan fingerprint density at radius 1 is 1.25 bits per heavy atom. The van der Waals surface area contributed by atoms with E-state index in [1.165, 1.54) is 4.31 Å². The fourth-order valence-corrected chi connectivity index (χ4v) is 2.70. The Morgan fingerprint density at radius 3 is 2.19 bits per heavy atom. The zero-order chi connectivity index (χ0) is 11.8. The predicted molar refractivity (Wildman–Crippen MR) is 62.9 cm³/mol. The first-order valence-corrected chi connectivity index (χ1v) is 6.64. The molecular weight excluding hydrogens is 226 g/mol. The summed E-state index contributed by atoms with van der Waals surface area (Å²) in [6.45, 7) is 0.444. The van der Waals surface area contributed by atoms with Crippen molar-refractivity contribution < 1.29 is 8.42 Å². The molecule has 2 rings (SSSR count). The van der Waals surface area contributed by atoms with E-state index in [0.29, 0.717) is 12.2 Å². The molecule has 1 aliphatic rings. The highest BCUT2D eigenvalue weighted by atomic mass is 32.2. The van der Waals surface area contributed by atoms with Gasteiger partial charge in [-0.05, 0) is 30.5 Å². The van der Waals surface area contributed by atoms with E-state index in [9.17, 15) is 8.42 Å². The van der Waals surface area contributed by atoms with E-state index in [-0.39, 0.29) is 6.04 Å². The lowest BCUT2D eigenvalue weighted by atomic mass is 10.2. The standard InChI is InChI=1S/C10H15N3O2S/c11-7-8-1-3-9(4-2-8)13(10-5-6-10)16(12,14)15/h1-4,10H,5-7,11H2,(H2,12,14,15). The lowest BCUT2D eigenvalue weighted by Crippen LogP contribution is -2.38. The Morgan fingerprint density at radius 2 is 1.81 bits per heavy atom. The van der Waals surface area contributed by atoms with Crippen molar-refractivity contribution in [1.82, 2.24) is 0 Å². The molecule has 0 aromatic heterocycles. The predicted octanol–water partition coefficient (Wildman–Crippen LogP) is 0.318. The first kappa shape index (κ1) is 11.4. The van der Waals surface area contributed by atoms with Gasteiger partial charge in [-0.2, -0.15) is 8.42 Å². The van der Waals surface area contributed by atoms with Gasteiger partial charge >= 0.3 is 0 Å². The van der Waals surface area contributed by atoms with E-state index in [1.54, 1.807) is 12.1 Å². The first-order valence-electron chi connectivity index (χ1n) is 5.13. The van der Waals surface area contributed by atoms with Crippen LogP contribution in [0.1, 0.15) is 18.4 Å². The SMILES string of the molecule is NCc1ccc(N(C2CC2)S(N)(=O)=O)cc1. The Bertz CT molecular complexity index is 465. The Kier molecular flexibility index (Phi) is 2.88. The van der Waals surface area contributed by atoms with Gasteiger partial charge in [0, 0.05) is 12.6 Å². The minimum atomic E-state index is -3.67. The Hall–Kier alpha value is -1.11. The van der Waals surface area contributed by atoms with Crippen molar-refractivity contribution in [2.75, 3.05) is 4.31 Å². The molecule has 16 heavy (non-hydrogen) atoms. The van der Waals surface area contributed by atoms with Crippen LogP contribution in [0.2, 0.25) is 0 Å². The van der Waals surface area contributed by atoms with Crippen LogP contribution in [0.4, 0.5) is 5.69 Å². The van der Waals surface area contributed by atoms with Gasteiger partial charge in [0.15, 0.2) is 0 Å². The molecule has 4 N–H and O–H groups in total. The number of rotatable bonds is 4. The van der Waals surface area contributed by atoms with Crippen molar-refractivity contribution in [3.63, 3.8) is 0 Å². The maximum atomic E-state index is 11.4. The third-order valence-electron chi connectivity index (χ3n) is 2.58. The highest BCUT2D eigenvalue weighted by Crippen LogP contribution is 2.33. The third-order valence-corrected chi connectivity index (χ3v) is 3.64. The fraction of sp³-hybridized carbons (Fsp3) is 0.400. The molecule has 0 aliphatic heterocycles. The van der Waals surface area contributed by atoms with Gasteiger partial charge in [-0.25, -0.2) is 5.14 Å². The van der Waals surface area contributed by atoms with Crippen molar-refractivity contribution in [3.05, 3.63) is 29.8 Å². The second kappa shape index (κ2) is 4.04. The molecule has 0 unspecified atom stereocenters. The van der Waals surface area contributed by atoms with Crippen LogP contribution in [0.5, 0.6) is 0 Å². The van der Waals surface area contributed by atoms with Gasteiger partial charge < -0.3 is 5.73 Å². The van der Waals surface area contributed by atoms with Crippen LogP contribution in [0.15, 0.2) is 24.3 Å². The molecule has 88 valence electrons. The molecule has 0 heterocycles. The minimum absolute atomic E-state index is 0.0266. The maximum Gasteiger partial charge on any atom is 0.299 e. The second-order valence-corrected chi connectivity index (χ2v) is 5.37. The van der Waals surface area contributed by atoms with Gasteiger partial charge in [-0.15, -0.1) is 0 Å². The highest BCUT2D eigenvalue weighted by Gasteiger charge is 2.35. The third kappa shape index (κ3) is 2.34. The normalized spacial score (nSPS) is 16.1. The molecule has 5 nitrogen and oxygen atoms in total. The smallest absolute Gasteiger partial charge is 0.299 e. The molecule has 6 heteroatoms. The molecule has 1 aromatic rings. The summed E-state index contributed by atoms with van der Waals surface area (Å²) in [4.78, 5) is 0. The summed E-state index contributed by atoms with van der Waals surface area (Å²) in [7, 11) is -3.67. The van der Waals surface area contributed by atoms with Crippen LogP contribution in [0.3, 0.4) is 0 Å². The summed E-state index contributed by atoms with van der Waals surface area (Å²) in [5.74, 6) is 0. The summed E-state index contributed by atoms with van der Waals surface area (Å²) >= 11 is 0. The average Bonchev–Trinajstić information content (AvgIpc) is 3.01. The topological polar surface area (TPSA) is 89.4 Å². The minimum Gasteiger partial charge on any atom is -0.326 e. The van der Waals surface area contributed by atoms with Gasteiger partial charge in [0.05, 0.1) is 5.69 Å². The molecular formula is C10H15N3O2S. The Balaban J connectivity index is 2.32. The molecule has 0 saturated heterocycles.